The molecule has 2 N–H and O–H groups in total. The number of benzene rings is 1. The Bertz CT molecular complexity index is 530. The summed E-state index contributed by atoms with van der Waals surface area (Å²) in [5, 5.41) is 10.4. The van der Waals surface area contributed by atoms with Crippen molar-refractivity contribution in [3.63, 3.8) is 0 Å². The van der Waals surface area contributed by atoms with Gasteiger partial charge in [0.1, 0.15) is 17.9 Å². The van der Waals surface area contributed by atoms with E-state index in [4.69, 9.17) is 4.74 Å². The van der Waals surface area contributed by atoms with Gasteiger partial charge in [-0.05, 0) is 43.1 Å². The third-order valence-electron chi connectivity index (χ3n) is 3.08. The molecule has 0 bridgehead atoms. The Hall–Kier alpha value is -1.40. The molecule has 20 heavy (non-hydrogen) atoms. The number of nitrogens with zero attached hydrogens (tertiary/aromatic N) is 2. The molecule has 0 aliphatic carbocycles. The molecule has 0 saturated heterocycles. The highest BCUT2D eigenvalue weighted by molar-refractivity contribution is 9.10. The maximum absolute atomic E-state index is 5.29. The van der Waals surface area contributed by atoms with E-state index in [1.807, 2.05) is 18.2 Å². The third-order valence-corrected chi connectivity index (χ3v) is 3.86. The molecule has 0 aliphatic heterocycles. The zero-order chi connectivity index (χ0) is 14.4. The highest BCUT2D eigenvalue weighted by Gasteiger charge is 2.16. The monoisotopic (exact) mass is 338 g/mol. The first kappa shape index (κ1) is 15.0. The highest BCUT2D eigenvalue weighted by Crippen LogP contribution is 2.26. The van der Waals surface area contributed by atoms with Crippen LogP contribution in [0.25, 0.3) is 0 Å². The number of ether oxygens (including phenoxy) is 1. The number of H-pyrrole nitrogens is 1. The van der Waals surface area contributed by atoms with Gasteiger partial charge in [-0.2, -0.15) is 5.10 Å². The van der Waals surface area contributed by atoms with Crippen LogP contribution in [0.1, 0.15) is 30.8 Å². The lowest BCUT2D eigenvalue weighted by atomic mass is 10.0. The van der Waals surface area contributed by atoms with Crippen molar-refractivity contribution in [3.8, 4) is 5.75 Å². The largest absolute Gasteiger partial charge is 0.497 e. The number of methoxy groups -OCH3 is 1. The van der Waals surface area contributed by atoms with Crippen molar-refractivity contribution in [2.75, 3.05) is 13.7 Å². The fourth-order valence-corrected chi connectivity index (χ4v) is 2.43. The maximum atomic E-state index is 5.29. The van der Waals surface area contributed by atoms with Crippen molar-refractivity contribution in [1.82, 2.24) is 20.5 Å². The number of hydrogen-bond donors (Lipinski definition) is 2. The van der Waals surface area contributed by atoms with E-state index in [1.54, 1.807) is 7.11 Å². The number of hydrogen-bond acceptors (Lipinski definition) is 4. The van der Waals surface area contributed by atoms with Crippen molar-refractivity contribution >= 4 is 15.9 Å². The van der Waals surface area contributed by atoms with Gasteiger partial charge in [-0.1, -0.05) is 22.9 Å². The number of rotatable bonds is 7. The Morgan fingerprint density at radius 1 is 1.45 bits per heavy atom. The summed E-state index contributed by atoms with van der Waals surface area (Å²) < 4.78 is 6.36. The molecular formula is C14H19BrN4O. The number of aromatic nitrogens is 3. The summed E-state index contributed by atoms with van der Waals surface area (Å²) in [6, 6.07) is 6.10. The van der Waals surface area contributed by atoms with Crippen molar-refractivity contribution in [2.24, 2.45) is 0 Å². The van der Waals surface area contributed by atoms with Crippen LogP contribution in [0.4, 0.5) is 0 Å². The molecule has 2 rings (SSSR count). The topological polar surface area (TPSA) is 62.8 Å². The molecule has 1 atom stereocenters. The van der Waals surface area contributed by atoms with Crippen LogP contribution in [0.3, 0.4) is 0 Å². The first-order valence-electron chi connectivity index (χ1n) is 6.65. The van der Waals surface area contributed by atoms with E-state index >= 15 is 0 Å². The highest BCUT2D eigenvalue weighted by atomic mass is 79.9. The van der Waals surface area contributed by atoms with Crippen molar-refractivity contribution in [3.05, 3.63) is 40.4 Å². The van der Waals surface area contributed by atoms with E-state index in [0.717, 1.165) is 35.4 Å². The van der Waals surface area contributed by atoms with Crippen LogP contribution in [0.15, 0.2) is 29.0 Å². The van der Waals surface area contributed by atoms with Gasteiger partial charge >= 0.3 is 0 Å². The first-order valence-corrected chi connectivity index (χ1v) is 7.45. The van der Waals surface area contributed by atoms with Crippen LogP contribution < -0.4 is 10.1 Å². The summed E-state index contributed by atoms with van der Waals surface area (Å²) in [5.74, 6) is 1.71. The molecule has 5 nitrogen and oxygen atoms in total. The Morgan fingerprint density at radius 2 is 2.30 bits per heavy atom. The van der Waals surface area contributed by atoms with Gasteiger partial charge in [0, 0.05) is 4.47 Å². The molecule has 1 aromatic carbocycles. The lowest BCUT2D eigenvalue weighted by Gasteiger charge is -2.17. The first-order chi connectivity index (χ1) is 9.74. The predicted octanol–water partition coefficient (Wildman–Crippen LogP) is 2.86. The molecule has 108 valence electrons. The van der Waals surface area contributed by atoms with Gasteiger partial charge in [-0.3, -0.25) is 5.10 Å². The van der Waals surface area contributed by atoms with Crippen LogP contribution in [0.2, 0.25) is 0 Å². The number of nitrogens with one attached hydrogen (secondary N) is 2. The van der Waals surface area contributed by atoms with Gasteiger partial charge in [0.25, 0.3) is 0 Å². The molecule has 0 spiro atoms. The average Bonchev–Trinajstić information content (AvgIpc) is 2.99. The van der Waals surface area contributed by atoms with Crippen LogP contribution in [-0.4, -0.2) is 28.8 Å². The SMILES string of the molecule is CCCNC(Cc1cc(OC)ccc1Br)c1ncn[nH]1. The van der Waals surface area contributed by atoms with E-state index in [-0.39, 0.29) is 6.04 Å². The Morgan fingerprint density at radius 3 is 2.95 bits per heavy atom. The molecule has 1 heterocycles. The molecule has 0 saturated carbocycles. The van der Waals surface area contributed by atoms with Crippen LogP contribution in [-0.2, 0) is 6.42 Å². The number of aromatic amines is 1. The zero-order valence-corrected chi connectivity index (χ0v) is 13.3. The molecule has 1 unspecified atom stereocenters. The fraction of sp³-hybridized carbons (Fsp3) is 0.429. The smallest absolute Gasteiger partial charge is 0.141 e. The summed E-state index contributed by atoms with van der Waals surface area (Å²) >= 11 is 3.59. The Kier molecular flexibility index (Phi) is 5.55. The van der Waals surface area contributed by atoms with Gasteiger partial charge in [0.15, 0.2) is 0 Å². The second-order valence-corrected chi connectivity index (χ2v) is 5.39. The molecule has 0 aliphatic rings. The Labute approximate surface area is 127 Å². The molecule has 6 heteroatoms. The normalized spacial score (nSPS) is 12.3. The van der Waals surface area contributed by atoms with Gasteiger partial charge in [0.2, 0.25) is 0 Å². The minimum atomic E-state index is 0.112. The zero-order valence-electron chi connectivity index (χ0n) is 11.7. The summed E-state index contributed by atoms with van der Waals surface area (Å²) in [7, 11) is 1.68. The molecule has 1 aromatic heterocycles. The van der Waals surface area contributed by atoms with Crippen molar-refractivity contribution in [1.29, 1.82) is 0 Å². The van der Waals surface area contributed by atoms with E-state index in [0.29, 0.717) is 0 Å². The van der Waals surface area contributed by atoms with Crippen LogP contribution in [0, 0.1) is 0 Å². The third kappa shape index (κ3) is 3.80. The minimum Gasteiger partial charge on any atom is -0.497 e. The second kappa shape index (κ2) is 7.40. The average molecular weight is 339 g/mol. The van der Waals surface area contributed by atoms with Gasteiger partial charge in [-0.15, -0.1) is 0 Å². The summed E-state index contributed by atoms with van der Waals surface area (Å²) in [4.78, 5) is 4.26. The number of halogens is 1. The minimum absolute atomic E-state index is 0.112. The van der Waals surface area contributed by atoms with E-state index in [1.165, 1.54) is 11.9 Å². The summed E-state index contributed by atoms with van der Waals surface area (Å²) in [5.41, 5.74) is 1.18. The maximum Gasteiger partial charge on any atom is 0.141 e. The van der Waals surface area contributed by atoms with Crippen LogP contribution in [0.5, 0.6) is 5.75 Å². The quantitative estimate of drug-likeness (QED) is 0.814. The second-order valence-electron chi connectivity index (χ2n) is 4.54. The molecule has 0 fully saturated rings. The van der Waals surface area contributed by atoms with Crippen LogP contribution >= 0.6 is 15.9 Å². The molecular weight excluding hydrogens is 320 g/mol. The lowest BCUT2D eigenvalue weighted by molar-refractivity contribution is 0.413. The van der Waals surface area contributed by atoms with E-state index < -0.39 is 0 Å². The fourth-order valence-electron chi connectivity index (χ4n) is 2.02. The lowest BCUT2D eigenvalue weighted by Crippen LogP contribution is -2.25. The van der Waals surface area contributed by atoms with E-state index in [9.17, 15) is 0 Å². The van der Waals surface area contributed by atoms with Gasteiger partial charge in [-0.25, -0.2) is 4.98 Å². The standard InChI is InChI=1S/C14H19BrN4O/c1-3-6-16-13(14-17-9-18-19-14)8-10-7-11(20-2)4-5-12(10)15/h4-5,7,9,13,16H,3,6,8H2,1-2H3,(H,17,18,19). The van der Waals surface area contributed by atoms with Gasteiger partial charge in [0.05, 0.1) is 13.2 Å². The molecule has 0 amide bonds. The van der Waals surface area contributed by atoms with E-state index in [2.05, 4.69) is 43.4 Å². The van der Waals surface area contributed by atoms with Crippen molar-refractivity contribution < 1.29 is 4.74 Å². The van der Waals surface area contributed by atoms with Gasteiger partial charge < -0.3 is 10.1 Å². The molecule has 2 aromatic rings. The summed E-state index contributed by atoms with van der Waals surface area (Å²) in [6.45, 7) is 3.08. The Balaban J connectivity index is 2.18. The summed E-state index contributed by atoms with van der Waals surface area (Å²) in [6.07, 6.45) is 3.42. The predicted molar refractivity (Wildman–Crippen MR) is 81.8 cm³/mol. The molecule has 0 radical (unpaired) electrons. The van der Waals surface area contributed by atoms with Crippen molar-refractivity contribution in [2.45, 2.75) is 25.8 Å².